The first-order valence-corrected chi connectivity index (χ1v) is 7.93. The molecule has 0 radical (unpaired) electrons. The first-order valence-electron chi connectivity index (χ1n) is 7.93. The monoisotopic (exact) mass is 362 g/mol. The van der Waals surface area contributed by atoms with Crippen molar-refractivity contribution in [2.24, 2.45) is 5.10 Å². The standard InChI is InChI=1S/C19H14N4O4/c24-22(25)17-11-9-14(10-12-17)19(21-20-16-6-2-1-3-7-16)15-5-4-8-18(13-15)23(26)27/h1-13,20H/b21-19-. The molecule has 0 saturated heterocycles. The maximum absolute atomic E-state index is 11.1. The van der Waals surface area contributed by atoms with E-state index in [-0.39, 0.29) is 11.4 Å². The number of nitro benzene ring substituents is 2. The summed E-state index contributed by atoms with van der Waals surface area (Å²) < 4.78 is 0. The molecule has 0 fully saturated rings. The lowest BCUT2D eigenvalue weighted by Gasteiger charge is -2.09. The zero-order chi connectivity index (χ0) is 19.2. The molecule has 0 aliphatic heterocycles. The van der Waals surface area contributed by atoms with Crippen LogP contribution >= 0.6 is 0 Å². The predicted octanol–water partition coefficient (Wildman–Crippen LogP) is 4.37. The number of hydrogen-bond acceptors (Lipinski definition) is 6. The Kier molecular flexibility index (Phi) is 5.17. The van der Waals surface area contributed by atoms with E-state index in [1.54, 1.807) is 24.3 Å². The number of nitro groups is 2. The zero-order valence-corrected chi connectivity index (χ0v) is 14.0. The molecule has 8 nitrogen and oxygen atoms in total. The van der Waals surface area contributed by atoms with Crippen LogP contribution in [0.4, 0.5) is 17.1 Å². The predicted molar refractivity (Wildman–Crippen MR) is 102 cm³/mol. The highest BCUT2D eigenvalue weighted by Crippen LogP contribution is 2.20. The molecule has 134 valence electrons. The van der Waals surface area contributed by atoms with E-state index in [0.717, 1.165) is 5.69 Å². The molecule has 0 aromatic heterocycles. The first kappa shape index (κ1) is 17.7. The summed E-state index contributed by atoms with van der Waals surface area (Å²) in [7, 11) is 0. The molecular formula is C19H14N4O4. The van der Waals surface area contributed by atoms with Gasteiger partial charge in [0.2, 0.25) is 0 Å². The van der Waals surface area contributed by atoms with Crippen molar-refractivity contribution >= 4 is 22.8 Å². The van der Waals surface area contributed by atoms with E-state index in [9.17, 15) is 20.2 Å². The van der Waals surface area contributed by atoms with E-state index in [0.29, 0.717) is 16.8 Å². The molecule has 0 atom stereocenters. The Labute approximate surface area is 154 Å². The van der Waals surface area contributed by atoms with E-state index >= 15 is 0 Å². The lowest BCUT2D eigenvalue weighted by molar-refractivity contribution is -0.385. The lowest BCUT2D eigenvalue weighted by atomic mass is 10.0. The van der Waals surface area contributed by atoms with E-state index < -0.39 is 9.85 Å². The average molecular weight is 362 g/mol. The van der Waals surface area contributed by atoms with E-state index in [4.69, 9.17) is 0 Å². The summed E-state index contributed by atoms with van der Waals surface area (Å²) in [6, 6.07) is 21.1. The maximum Gasteiger partial charge on any atom is 0.270 e. The molecule has 3 aromatic carbocycles. The fourth-order valence-corrected chi connectivity index (χ4v) is 2.44. The molecule has 0 heterocycles. The highest BCUT2D eigenvalue weighted by atomic mass is 16.6. The Bertz CT molecular complexity index is 1000. The van der Waals surface area contributed by atoms with Gasteiger partial charge in [0, 0.05) is 35.4 Å². The third kappa shape index (κ3) is 4.31. The van der Waals surface area contributed by atoms with Gasteiger partial charge in [-0.3, -0.25) is 25.7 Å². The van der Waals surface area contributed by atoms with Crippen LogP contribution in [0.1, 0.15) is 11.1 Å². The molecule has 0 aliphatic carbocycles. The minimum Gasteiger partial charge on any atom is -0.278 e. The van der Waals surface area contributed by atoms with Crippen LogP contribution < -0.4 is 5.43 Å². The van der Waals surface area contributed by atoms with Gasteiger partial charge in [0.1, 0.15) is 0 Å². The van der Waals surface area contributed by atoms with Gasteiger partial charge in [-0.05, 0) is 24.3 Å². The normalized spacial score (nSPS) is 11.0. The molecule has 0 aliphatic rings. The Morgan fingerprint density at radius 1 is 0.741 bits per heavy atom. The smallest absolute Gasteiger partial charge is 0.270 e. The number of para-hydroxylation sites is 1. The fraction of sp³-hybridized carbons (Fsp3) is 0. The van der Waals surface area contributed by atoms with Gasteiger partial charge in [-0.15, -0.1) is 0 Å². The summed E-state index contributed by atoms with van der Waals surface area (Å²) in [5.74, 6) is 0. The molecule has 0 spiro atoms. The molecule has 27 heavy (non-hydrogen) atoms. The van der Waals surface area contributed by atoms with Crippen LogP contribution in [0.2, 0.25) is 0 Å². The molecule has 8 heteroatoms. The third-order valence-electron chi connectivity index (χ3n) is 3.75. The van der Waals surface area contributed by atoms with Gasteiger partial charge in [0.05, 0.1) is 21.2 Å². The molecule has 3 rings (SSSR count). The van der Waals surface area contributed by atoms with Crippen molar-refractivity contribution in [2.75, 3.05) is 5.43 Å². The number of nitrogens with one attached hydrogen (secondary N) is 1. The summed E-state index contributed by atoms with van der Waals surface area (Å²) in [6.07, 6.45) is 0. The average Bonchev–Trinajstić information content (AvgIpc) is 2.69. The van der Waals surface area contributed by atoms with Crippen LogP contribution in [0.3, 0.4) is 0 Å². The van der Waals surface area contributed by atoms with Crippen molar-refractivity contribution in [3.63, 3.8) is 0 Å². The quantitative estimate of drug-likeness (QED) is 0.398. The van der Waals surface area contributed by atoms with E-state index in [1.165, 1.54) is 24.3 Å². The highest BCUT2D eigenvalue weighted by Gasteiger charge is 2.14. The van der Waals surface area contributed by atoms with Gasteiger partial charge in [-0.25, -0.2) is 0 Å². The number of hydrazone groups is 1. The van der Waals surface area contributed by atoms with Crippen LogP contribution in [0.15, 0.2) is 84.0 Å². The van der Waals surface area contributed by atoms with Gasteiger partial charge >= 0.3 is 0 Å². The molecule has 0 saturated carbocycles. The van der Waals surface area contributed by atoms with E-state index in [2.05, 4.69) is 10.5 Å². The second kappa shape index (κ2) is 7.87. The van der Waals surface area contributed by atoms with E-state index in [1.807, 2.05) is 30.3 Å². The summed E-state index contributed by atoms with van der Waals surface area (Å²) >= 11 is 0. The first-order chi connectivity index (χ1) is 13.0. The molecule has 0 amide bonds. The molecule has 3 aromatic rings. The number of nitrogens with zero attached hydrogens (tertiary/aromatic N) is 3. The van der Waals surface area contributed by atoms with Gasteiger partial charge < -0.3 is 0 Å². The summed E-state index contributed by atoms with van der Waals surface area (Å²) in [6.45, 7) is 0. The number of anilines is 1. The van der Waals surface area contributed by atoms with Crippen molar-refractivity contribution in [3.8, 4) is 0 Å². The van der Waals surface area contributed by atoms with Crippen molar-refractivity contribution < 1.29 is 9.85 Å². The fourth-order valence-electron chi connectivity index (χ4n) is 2.44. The number of non-ortho nitro benzene ring substituents is 2. The second-order valence-electron chi connectivity index (χ2n) is 5.55. The van der Waals surface area contributed by atoms with Crippen LogP contribution in [0.25, 0.3) is 0 Å². The Morgan fingerprint density at radius 3 is 2.04 bits per heavy atom. The molecular weight excluding hydrogens is 348 g/mol. The molecule has 0 bridgehead atoms. The van der Waals surface area contributed by atoms with Crippen LogP contribution in [-0.2, 0) is 0 Å². The van der Waals surface area contributed by atoms with Crippen molar-refractivity contribution in [1.82, 2.24) is 0 Å². The summed E-state index contributed by atoms with van der Waals surface area (Å²) in [4.78, 5) is 21.0. The maximum atomic E-state index is 11.1. The van der Waals surface area contributed by atoms with Crippen molar-refractivity contribution in [3.05, 3.63) is 110 Å². The zero-order valence-electron chi connectivity index (χ0n) is 14.0. The summed E-state index contributed by atoms with van der Waals surface area (Å²) in [5, 5.41) is 26.3. The Hall–Kier alpha value is -4.07. The summed E-state index contributed by atoms with van der Waals surface area (Å²) in [5.41, 5.74) is 5.07. The third-order valence-corrected chi connectivity index (χ3v) is 3.75. The van der Waals surface area contributed by atoms with Crippen LogP contribution in [-0.4, -0.2) is 15.6 Å². The Morgan fingerprint density at radius 2 is 1.41 bits per heavy atom. The van der Waals surface area contributed by atoms with Crippen molar-refractivity contribution in [2.45, 2.75) is 0 Å². The minimum absolute atomic E-state index is 0.0480. The highest BCUT2D eigenvalue weighted by molar-refractivity contribution is 6.13. The molecule has 1 N–H and O–H groups in total. The number of hydrogen-bond donors (Lipinski definition) is 1. The van der Waals surface area contributed by atoms with Gasteiger partial charge in [-0.2, -0.15) is 5.10 Å². The van der Waals surface area contributed by atoms with Gasteiger partial charge in [0.25, 0.3) is 11.4 Å². The Balaban J connectivity index is 2.04. The SMILES string of the molecule is O=[N+]([O-])c1ccc(/C(=N/Nc2ccccc2)c2cccc([N+](=O)[O-])c2)cc1. The van der Waals surface area contributed by atoms with Crippen molar-refractivity contribution in [1.29, 1.82) is 0 Å². The largest absolute Gasteiger partial charge is 0.278 e. The second-order valence-corrected chi connectivity index (χ2v) is 5.55. The number of rotatable bonds is 6. The topological polar surface area (TPSA) is 111 Å². The lowest BCUT2D eigenvalue weighted by Crippen LogP contribution is -2.07. The van der Waals surface area contributed by atoms with Gasteiger partial charge in [0.15, 0.2) is 0 Å². The van der Waals surface area contributed by atoms with Crippen LogP contribution in [0, 0.1) is 20.2 Å². The van der Waals surface area contributed by atoms with Gasteiger partial charge in [-0.1, -0.05) is 30.3 Å². The molecule has 0 unspecified atom stereocenters. The number of benzene rings is 3. The minimum atomic E-state index is -0.490. The van der Waals surface area contributed by atoms with Crippen LogP contribution in [0.5, 0.6) is 0 Å².